The summed E-state index contributed by atoms with van der Waals surface area (Å²) >= 11 is 5.20. The van der Waals surface area contributed by atoms with Gasteiger partial charge in [-0.2, -0.15) is 35.1 Å². The van der Waals surface area contributed by atoms with E-state index < -0.39 is 92.4 Å². The molecule has 0 aromatic heterocycles. The van der Waals surface area contributed by atoms with Gasteiger partial charge in [0, 0.05) is 5.56 Å². The lowest BCUT2D eigenvalue weighted by molar-refractivity contribution is -0.406. The fourth-order valence-corrected chi connectivity index (χ4v) is 2.72. The van der Waals surface area contributed by atoms with Crippen molar-refractivity contribution < 1.29 is 76.1 Å². The molecule has 2 aromatic rings. The Labute approximate surface area is 181 Å². The first-order valence-electron chi connectivity index (χ1n) is 7.67. The summed E-state index contributed by atoms with van der Waals surface area (Å²) in [6.45, 7) is 0. The summed E-state index contributed by atoms with van der Waals surface area (Å²) in [5.41, 5.74) is -7.30. The highest BCUT2D eigenvalue weighted by Crippen LogP contribution is 2.51. The Balaban J connectivity index is 3.11. The van der Waals surface area contributed by atoms with Gasteiger partial charge in [-0.3, -0.25) is 0 Å². The zero-order valence-electron chi connectivity index (χ0n) is 14.9. The van der Waals surface area contributed by atoms with Crippen molar-refractivity contribution in [1.82, 2.24) is 0 Å². The normalized spacial score (nSPS) is 12.8. The van der Waals surface area contributed by atoms with Crippen molar-refractivity contribution in [2.45, 2.75) is 18.2 Å². The molecule has 0 bridgehead atoms. The molecule has 0 aliphatic heterocycles. The minimum atomic E-state index is -7.10. The van der Waals surface area contributed by atoms with E-state index in [9.17, 15) is 66.3 Å². The lowest BCUT2D eigenvalue weighted by Crippen LogP contribution is -2.57. The van der Waals surface area contributed by atoms with Gasteiger partial charge < -0.3 is 9.84 Å². The standard InChI is InChI=1S/C16HClF14O3/c17-4-1(2-5(18)8(21)10(23)9(22)6(2)19)3(13(32)33)7(20)11(24)12(4)34-14(25,15(26,27)28)16(29,30)31/h(H,32,33). The van der Waals surface area contributed by atoms with Crippen LogP contribution in [0, 0.1) is 40.7 Å². The number of alkyl halides is 7. The molecule has 3 nitrogen and oxygen atoms in total. The Morgan fingerprint density at radius 3 is 1.38 bits per heavy atom. The van der Waals surface area contributed by atoms with Crippen molar-refractivity contribution in [3.05, 3.63) is 51.3 Å². The Hall–Kier alpha value is -2.98. The Bertz CT molecular complexity index is 1140. The fourth-order valence-electron chi connectivity index (χ4n) is 2.41. The second kappa shape index (κ2) is 8.35. The van der Waals surface area contributed by atoms with Crippen LogP contribution in [0.5, 0.6) is 5.75 Å². The summed E-state index contributed by atoms with van der Waals surface area (Å²) in [7, 11) is 0. The molecule has 1 N–H and O–H groups in total. The number of carbonyl (C=O) groups is 1. The molecule has 0 amide bonds. The summed E-state index contributed by atoms with van der Waals surface area (Å²) in [4.78, 5) is 11.2. The van der Waals surface area contributed by atoms with Gasteiger partial charge in [-0.15, -0.1) is 0 Å². The molecule has 188 valence electrons. The summed E-state index contributed by atoms with van der Waals surface area (Å²) in [6.07, 6.45) is -14.2. The van der Waals surface area contributed by atoms with Crippen LogP contribution in [0.1, 0.15) is 10.4 Å². The molecular formula is C16HClF14O3. The van der Waals surface area contributed by atoms with E-state index in [4.69, 9.17) is 16.7 Å². The number of hydrogen-bond acceptors (Lipinski definition) is 2. The van der Waals surface area contributed by atoms with E-state index in [0.717, 1.165) is 0 Å². The molecule has 0 atom stereocenters. The third-order valence-corrected chi connectivity index (χ3v) is 4.29. The van der Waals surface area contributed by atoms with E-state index in [1.54, 1.807) is 0 Å². The predicted octanol–water partition coefficient (Wildman–Crippen LogP) is 6.85. The maximum atomic E-state index is 14.3. The van der Waals surface area contributed by atoms with E-state index in [1.807, 2.05) is 0 Å². The van der Waals surface area contributed by atoms with E-state index in [1.165, 1.54) is 0 Å². The van der Waals surface area contributed by atoms with Crippen molar-refractivity contribution in [3.8, 4) is 16.9 Å². The molecule has 0 aliphatic carbocycles. The second-order valence-corrected chi connectivity index (χ2v) is 6.34. The molecule has 0 unspecified atom stereocenters. The van der Waals surface area contributed by atoms with Crippen LogP contribution >= 0.6 is 11.6 Å². The highest BCUT2D eigenvalue weighted by atomic mass is 35.5. The topological polar surface area (TPSA) is 46.5 Å². The molecular weight excluding hydrogens is 542 g/mol. The second-order valence-electron chi connectivity index (χ2n) is 5.96. The molecule has 0 aliphatic rings. The van der Waals surface area contributed by atoms with E-state index in [-0.39, 0.29) is 0 Å². The summed E-state index contributed by atoms with van der Waals surface area (Å²) in [6, 6.07) is 0. The molecule has 0 radical (unpaired) electrons. The van der Waals surface area contributed by atoms with Gasteiger partial charge in [-0.05, 0) is 0 Å². The van der Waals surface area contributed by atoms with Gasteiger partial charge in [-0.25, -0.2) is 31.1 Å². The number of aromatic carboxylic acids is 1. The van der Waals surface area contributed by atoms with Gasteiger partial charge in [0.2, 0.25) is 11.6 Å². The number of carboxylic acid groups (broad SMARTS) is 1. The van der Waals surface area contributed by atoms with Crippen molar-refractivity contribution in [2.75, 3.05) is 0 Å². The zero-order valence-corrected chi connectivity index (χ0v) is 15.7. The van der Waals surface area contributed by atoms with Crippen LogP contribution in [-0.4, -0.2) is 29.3 Å². The number of hydrogen-bond donors (Lipinski definition) is 1. The van der Waals surface area contributed by atoms with Gasteiger partial charge in [0.25, 0.3) is 0 Å². The average molecular weight is 543 g/mol. The van der Waals surface area contributed by atoms with Crippen LogP contribution in [0.2, 0.25) is 5.02 Å². The smallest absolute Gasteiger partial charge is 0.470 e. The number of benzene rings is 2. The molecule has 0 spiro atoms. The first-order valence-corrected chi connectivity index (χ1v) is 8.05. The first kappa shape index (κ1) is 27.3. The molecule has 0 saturated heterocycles. The van der Waals surface area contributed by atoms with Gasteiger partial charge in [0.05, 0.1) is 10.6 Å². The SMILES string of the molecule is O=C(O)c1c(F)c(F)c(OC(F)(C(F)(F)F)C(F)(F)F)c(Cl)c1-c1c(F)c(F)c(F)c(F)c1F. The quantitative estimate of drug-likeness (QED) is 0.261. The van der Waals surface area contributed by atoms with E-state index in [2.05, 4.69) is 4.74 Å². The van der Waals surface area contributed by atoms with Crippen LogP contribution in [-0.2, 0) is 0 Å². The number of rotatable bonds is 4. The lowest BCUT2D eigenvalue weighted by atomic mass is 9.96. The molecule has 2 aromatic carbocycles. The molecule has 0 fully saturated rings. The Morgan fingerprint density at radius 1 is 0.647 bits per heavy atom. The summed E-state index contributed by atoms with van der Waals surface area (Å²) in [5.74, 6) is -33.5. The van der Waals surface area contributed by atoms with Crippen LogP contribution in [0.15, 0.2) is 0 Å². The predicted molar refractivity (Wildman–Crippen MR) is 80.1 cm³/mol. The molecule has 0 saturated carbocycles. The van der Waals surface area contributed by atoms with Crippen molar-refractivity contribution in [3.63, 3.8) is 0 Å². The maximum Gasteiger partial charge on any atom is 0.470 e. The molecule has 0 heterocycles. The van der Waals surface area contributed by atoms with Gasteiger partial charge in [-0.1, -0.05) is 11.6 Å². The van der Waals surface area contributed by atoms with Gasteiger partial charge >= 0.3 is 24.2 Å². The van der Waals surface area contributed by atoms with Gasteiger partial charge in [0.1, 0.15) is 5.56 Å². The zero-order chi connectivity index (χ0) is 26.7. The summed E-state index contributed by atoms with van der Waals surface area (Å²) < 4.78 is 190. The number of halogens is 15. The monoisotopic (exact) mass is 542 g/mol. The van der Waals surface area contributed by atoms with Crippen LogP contribution < -0.4 is 4.74 Å². The highest BCUT2D eigenvalue weighted by molar-refractivity contribution is 6.35. The number of ether oxygens (including phenoxy) is 1. The van der Waals surface area contributed by atoms with Crippen LogP contribution in [0.25, 0.3) is 11.1 Å². The minimum absolute atomic E-state index is 2.36. The van der Waals surface area contributed by atoms with E-state index in [0.29, 0.717) is 0 Å². The first-order chi connectivity index (χ1) is 15.2. The molecule has 18 heteroatoms. The fraction of sp³-hybridized carbons (Fsp3) is 0.188. The lowest BCUT2D eigenvalue weighted by Gasteiger charge is -2.31. The van der Waals surface area contributed by atoms with Crippen molar-refractivity contribution in [1.29, 1.82) is 0 Å². The molecule has 2 rings (SSSR count). The van der Waals surface area contributed by atoms with Crippen molar-refractivity contribution in [2.24, 2.45) is 0 Å². The van der Waals surface area contributed by atoms with Gasteiger partial charge in [0.15, 0.2) is 34.8 Å². The third-order valence-electron chi connectivity index (χ3n) is 3.93. The summed E-state index contributed by atoms with van der Waals surface area (Å²) in [5, 5.41) is 6.55. The minimum Gasteiger partial charge on any atom is -0.478 e. The number of carboxylic acids is 1. The Kier molecular flexibility index (Phi) is 6.70. The third kappa shape index (κ3) is 3.94. The van der Waals surface area contributed by atoms with Crippen LogP contribution in [0.3, 0.4) is 0 Å². The average Bonchev–Trinajstić information content (AvgIpc) is 2.69. The van der Waals surface area contributed by atoms with Crippen molar-refractivity contribution >= 4 is 17.6 Å². The van der Waals surface area contributed by atoms with E-state index >= 15 is 0 Å². The Morgan fingerprint density at radius 2 is 1.03 bits per heavy atom. The van der Waals surface area contributed by atoms with Crippen LogP contribution in [0.4, 0.5) is 61.5 Å². The largest absolute Gasteiger partial charge is 0.478 e. The molecule has 34 heavy (non-hydrogen) atoms. The highest BCUT2D eigenvalue weighted by Gasteiger charge is 2.76. The maximum absolute atomic E-state index is 14.3.